The van der Waals surface area contributed by atoms with E-state index in [1.807, 2.05) is 0 Å². The van der Waals surface area contributed by atoms with E-state index in [1.54, 1.807) is 0 Å². The fourth-order valence-electron chi connectivity index (χ4n) is 1.36. The second kappa shape index (κ2) is 8.26. The van der Waals surface area contributed by atoms with Crippen molar-refractivity contribution in [3.8, 4) is 0 Å². The molecule has 4 nitrogen and oxygen atoms in total. The average Bonchev–Trinajstić information content (AvgIpc) is 2.16. The number of nitrogens with zero attached hydrogens (tertiary/aromatic N) is 1. The van der Waals surface area contributed by atoms with Crippen molar-refractivity contribution in [3.05, 3.63) is 0 Å². The summed E-state index contributed by atoms with van der Waals surface area (Å²) >= 11 is 0. The molecule has 0 saturated carbocycles. The van der Waals surface area contributed by atoms with Crippen molar-refractivity contribution in [2.45, 2.75) is 45.4 Å². The van der Waals surface area contributed by atoms with E-state index < -0.39 is 5.97 Å². The standard InChI is InChI=1S/C11H21NO3/c1-3-4-5-6-7-8-10(13)12(2)9-11(14)15/h3-9H2,1-2H3,(H,14,15). The highest BCUT2D eigenvalue weighted by atomic mass is 16.4. The third-order valence-corrected chi connectivity index (χ3v) is 2.29. The van der Waals surface area contributed by atoms with Crippen LogP contribution >= 0.6 is 0 Å². The van der Waals surface area contributed by atoms with Gasteiger partial charge in [0.25, 0.3) is 0 Å². The highest BCUT2D eigenvalue weighted by Gasteiger charge is 2.10. The van der Waals surface area contributed by atoms with Crippen molar-refractivity contribution in [1.29, 1.82) is 0 Å². The van der Waals surface area contributed by atoms with Crippen molar-refractivity contribution in [1.82, 2.24) is 4.90 Å². The van der Waals surface area contributed by atoms with Crippen LogP contribution in [0, 0.1) is 0 Å². The lowest BCUT2D eigenvalue weighted by Gasteiger charge is -2.13. The lowest BCUT2D eigenvalue weighted by molar-refractivity contribution is -0.143. The number of carbonyl (C=O) groups is 2. The molecule has 0 aromatic heterocycles. The first-order valence-electron chi connectivity index (χ1n) is 5.53. The summed E-state index contributed by atoms with van der Waals surface area (Å²) in [6.07, 6.45) is 5.94. The zero-order valence-corrected chi connectivity index (χ0v) is 9.66. The molecule has 0 aliphatic rings. The van der Waals surface area contributed by atoms with Gasteiger partial charge in [0, 0.05) is 13.5 Å². The third-order valence-electron chi connectivity index (χ3n) is 2.29. The van der Waals surface area contributed by atoms with E-state index >= 15 is 0 Å². The van der Waals surface area contributed by atoms with Crippen molar-refractivity contribution in [2.24, 2.45) is 0 Å². The van der Waals surface area contributed by atoms with Gasteiger partial charge in [0.15, 0.2) is 0 Å². The van der Waals surface area contributed by atoms with Gasteiger partial charge in [-0.3, -0.25) is 9.59 Å². The minimum Gasteiger partial charge on any atom is -0.480 e. The van der Waals surface area contributed by atoms with Crippen LogP contribution in [0.3, 0.4) is 0 Å². The number of likely N-dealkylation sites (N-methyl/N-ethyl adjacent to an activating group) is 1. The lowest BCUT2D eigenvalue weighted by atomic mass is 10.1. The Balaban J connectivity index is 3.51. The van der Waals surface area contributed by atoms with Crippen LogP contribution in [0.2, 0.25) is 0 Å². The van der Waals surface area contributed by atoms with E-state index in [9.17, 15) is 9.59 Å². The Morgan fingerprint density at radius 3 is 2.27 bits per heavy atom. The Morgan fingerprint density at radius 2 is 1.73 bits per heavy atom. The molecular weight excluding hydrogens is 194 g/mol. The second-order valence-corrected chi connectivity index (χ2v) is 3.81. The number of hydrogen-bond donors (Lipinski definition) is 1. The molecule has 0 saturated heterocycles. The number of hydrogen-bond acceptors (Lipinski definition) is 2. The normalized spacial score (nSPS) is 10.0. The molecule has 0 heterocycles. The third kappa shape index (κ3) is 7.97. The van der Waals surface area contributed by atoms with Gasteiger partial charge in [-0.25, -0.2) is 0 Å². The van der Waals surface area contributed by atoms with Crippen molar-refractivity contribution >= 4 is 11.9 Å². The van der Waals surface area contributed by atoms with Crippen LogP contribution in [-0.4, -0.2) is 35.5 Å². The second-order valence-electron chi connectivity index (χ2n) is 3.81. The van der Waals surface area contributed by atoms with Gasteiger partial charge in [-0.1, -0.05) is 32.6 Å². The van der Waals surface area contributed by atoms with Crippen LogP contribution in [0.25, 0.3) is 0 Å². The predicted molar refractivity (Wildman–Crippen MR) is 58.6 cm³/mol. The van der Waals surface area contributed by atoms with Gasteiger partial charge in [0.2, 0.25) is 5.91 Å². The first kappa shape index (κ1) is 13.9. The maximum Gasteiger partial charge on any atom is 0.323 e. The molecule has 0 rings (SSSR count). The van der Waals surface area contributed by atoms with Gasteiger partial charge in [-0.15, -0.1) is 0 Å². The van der Waals surface area contributed by atoms with Crippen molar-refractivity contribution in [3.63, 3.8) is 0 Å². The van der Waals surface area contributed by atoms with Crippen LogP contribution in [0.1, 0.15) is 45.4 Å². The van der Waals surface area contributed by atoms with E-state index in [-0.39, 0.29) is 12.5 Å². The summed E-state index contributed by atoms with van der Waals surface area (Å²) in [5.74, 6) is -1.04. The van der Waals surface area contributed by atoms with Crippen LogP contribution in [-0.2, 0) is 9.59 Å². The average molecular weight is 215 g/mol. The fraction of sp³-hybridized carbons (Fsp3) is 0.818. The smallest absolute Gasteiger partial charge is 0.323 e. The van der Waals surface area contributed by atoms with Gasteiger partial charge in [0.1, 0.15) is 6.54 Å². The van der Waals surface area contributed by atoms with Crippen LogP contribution < -0.4 is 0 Å². The summed E-state index contributed by atoms with van der Waals surface area (Å²) in [6, 6.07) is 0. The molecule has 0 aliphatic heterocycles. The zero-order chi connectivity index (χ0) is 11.7. The maximum atomic E-state index is 11.4. The van der Waals surface area contributed by atoms with E-state index in [1.165, 1.54) is 24.8 Å². The molecule has 0 bridgehead atoms. The first-order valence-corrected chi connectivity index (χ1v) is 5.53. The topological polar surface area (TPSA) is 57.6 Å². The molecule has 0 aliphatic carbocycles. The number of carboxylic acids is 1. The molecule has 4 heteroatoms. The quantitative estimate of drug-likeness (QED) is 0.629. The van der Waals surface area contributed by atoms with E-state index in [0.29, 0.717) is 6.42 Å². The summed E-state index contributed by atoms with van der Waals surface area (Å²) in [6.45, 7) is 1.94. The molecule has 0 unspecified atom stereocenters. The first-order chi connectivity index (χ1) is 7.07. The largest absolute Gasteiger partial charge is 0.480 e. The molecule has 88 valence electrons. The Morgan fingerprint density at radius 1 is 1.13 bits per heavy atom. The predicted octanol–water partition coefficient (Wildman–Crippen LogP) is 1.89. The Bertz CT molecular complexity index is 204. The van der Waals surface area contributed by atoms with Crippen LogP contribution in [0.15, 0.2) is 0 Å². The van der Waals surface area contributed by atoms with Crippen LogP contribution in [0.4, 0.5) is 0 Å². The minimum absolute atomic E-state index is 0.0751. The Kier molecular flexibility index (Phi) is 7.68. The molecule has 15 heavy (non-hydrogen) atoms. The Labute approximate surface area is 91.3 Å². The summed E-state index contributed by atoms with van der Waals surface area (Å²) in [5, 5.41) is 8.48. The Hall–Kier alpha value is -1.06. The minimum atomic E-state index is -0.961. The highest BCUT2D eigenvalue weighted by Crippen LogP contribution is 2.06. The maximum absolute atomic E-state index is 11.4. The lowest BCUT2D eigenvalue weighted by Crippen LogP contribution is -2.31. The van der Waals surface area contributed by atoms with Gasteiger partial charge >= 0.3 is 5.97 Å². The molecule has 0 aromatic carbocycles. The summed E-state index contributed by atoms with van der Waals surface area (Å²) < 4.78 is 0. The molecule has 0 spiro atoms. The van der Waals surface area contributed by atoms with Gasteiger partial charge in [0.05, 0.1) is 0 Å². The number of carbonyl (C=O) groups excluding carboxylic acids is 1. The van der Waals surface area contributed by atoms with Gasteiger partial charge in [-0.2, -0.15) is 0 Å². The highest BCUT2D eigenvalue weighted by molar-refractivity contribution is 5.80. The van der Waals surface area contributed by atoms with E-state index in [4.69, 9.17) is 5.11 Å². The molecule has 0 aromatic rings. The molecule has 1 amide bonds. The molecular formula is C11H21NO3. The van der Waals surface area contributed by atoms with Crippen LogP contribution in [0.5, 0.6) is 0 Å². The van der Waals surface area contributed by atoms with Gasteiger partial charge < -0.3 is 10.0 Å². The molecule has 0 radical (unpaired) electrons. The van der Waals surface area contributed by atoms with Crippen molar-refractivity contribution < 1.29 is 14.7 Å². The molecule has 0 atom stereocenters. The summed E-state index contributed by atoms with van der Waals surface area (Å²) in [4.78, 5) is 23.0. The SMILES string of the molecule is CCCCCCCC(=O)N(C)CC(=O)O. The summed E-state index contributed by atoms with van der Waals surface area (Å²) in [7, 11) is 1.53. The van der Waals surface area contributed by atoms with Crippen molar-refractivity contribution in [2.75, 3.05) is 13.6 Å². The van der Waals surface area contributed by atoms with E-state index in [0.717, 1.165) is 19.3 Å². The monoisotopic (exact) mass is 215 g/mol. The van der Waals surface area contributed by atoms with E-state index in [2.05, 4.69) is 6.92 Å². The number of unbranched alkanes of at least 4 members (excludes halogenated alkanes) is 4. The van der Waals surface area contributed by atoms with Gasteiger partial charge in [-0.05, 0) is 6.42 Å². The number of amides is 1. The fourth-order valence-corrected chi connectivity index (χ4v) is 1.36. The molecule has 1 N–H and O–H groups in total. The number of carboxylic acid groups (broad SMARTS) is 1. The summed E-state index contributed by atoms with van der Waals surface area (Å²) in [5.41, 5.74) is 0. The molecule has 0 fully saturated rings. The zero-order valence-electron chi connectivity index (χ0n) is 9.66. The number of rotatable bonds is 8. The number of aliphatic carboxylic acids is 1.